The molecule has 2 rings (SSSR count). The summed E-state index contributed by atoms with van der Waals surface area (Å²) in [5, 5.41) is 3.04. The van der Waals surface area contributed by atoms with Crippen LogP contribution in [0.1, 0.15) is 43.0 Å². The van der Waals surface area contributed by atoms with Gasteiger partial charge in [0.2, 0.25) is 5.91 Å². The maximum atomic E-state index is 13.8. The van der Waals surface area contributed by atoms with Gasteiger partial charge in [-0.15, -0.1) is 0 Å². The molecule has 0 saturated carbocycles. The lowest BCUT2D eigenvalue weighted by Crippen LogP contribution is -2.43. The van der Waals surface area contributed by atoms with Gasteiger partial charge in [-0.2, -0.15) is 0 Å². The van der Waals surface area contributed by atoms with E-state index in [1.165, 1.54) is 18.2 Å². The van der Waals surface area contributed by atoms with Crippen LogP contribution in [-0.4, -0.2) is 36.3 Å². The predicted molar refractivity (Wildman–Crippen MR) is 88.0 cm³/mol. The highest BCUT2D eigenvalue weighted by Gasteiger charge is 2.29. The molecule has 0 unspecified atom stereocenters. The molecule has 1 fully saturated rings. The normalized spacial score (nSPS) is 15.5. The first kappa shape index (κ1) is 17.7. The Morgan fingerprint density at radius 2 is 2.04 bits per heavy atom. The van der Waals surface area contributed by atoms with Crippen LogP contribution in [-0.2, 0) is 4.79 Å². The summed E-state index contributed by atoms with van der Waals surface area (Å²) in [6.07, 6.45) is 3.19. The van der Waals surface area contributed by atoms with Crippen molar-refractivity contribution >= 4 is 23.4 Å². The van der Waals surface area contributed by atoms with Crippen molar-refractivity contribution in [2.24, 2.45) is 5.92 Å². The van der Waals surface area contributed by atoms with Gasteiger partial charge >= 0.3 is 0 Å². The van der Waals surface area contributed by atoms with E-state index in [0.717, 1.165) is 12.8 Å². The minimum Gasteiger partial charge on any atom is -0.356 e. The summed E-state index contributed by atoms with van der Waals surface area (Å²) in [7, 11) is 0. The van der Waals surface area contributed by atoms with E-state index in [4.69, 9.17) is 11.6 Å². The smallest absolute Gasteiger partial charge is 0.258 e. The number of carbonyl (C=O) groups is 2. The molecule has 0 atom stereocenters. The third-order valence-corrected chi connectivity index (χ3v) is 4.47. The maximum absolute atomic E-state index is 13.8. The van der Waals surface area contributed by atoms with Crippen LogP contribution in [0.5, 0.6) is 0 Å². The van der Waals surface area contributed by atoms with Gasteiger partial charge in [0.05, 0.1) is 10.6 Å². The fourth-order valence-corrected chi connectivity index (χ4v) is 2.98. The zero-order chi connectivity index (χ0) is 16.8. The Kier molecular flexibility index (Phi) is 6.39. The number of piperidine rings is 1. The van der Waals surface area contributed by atoms with Gasteiger partial charge in [0, 0.05) is 25.6 Å². The Morgan fingerprint density at radius 1 is 1.35 bits per heavy atom. The van der Waals surface area contributed by atoms with Crippen LogP contribution in [0, 0.1) is 11.7 Å². The third-order valence-electron chi connectivity index (χ3n) is 4.16. The summed E-state index contributed by atoms with van der Waals surface area (Å²) in [4.78, 5) is 26.0. The first-order valence-corrected chi connectivity index (χ1v) is 8.43. The molecule has 4 nitrogen and oxygen atoms in total. The minimum atomic E-state index is -0.609. The van der Waals surface area contributed by atoms with Gasteiger partial charge in [0.25, 0.3) is 5.91 Å². The molecule has 1 aromatic rings. The van der Waals surface area contributed by atoms with Crippen molar-refractivity contribution in [3.63, 3.8) is 0 Å². The summed E-state index contributed by atoms with van der Waals surface area (Å²) >= 11 is 5.94. The van der Waals surface area contributed by atoms with Crippen molar-refractivity contribution in [3.8, 4) is 0 Å². The molecular formula is C17H22ClFN2O2. The number of nitrogens with zero attached hydrogens (tertiary/aromatic N) is 1. The monoisotopic (exact) mass is 340 g/mol. The predicted octanol–water partition coefficient (Wildman–Crippen LogP) is 3.25. The van der Waals surface area contributed by atoms with Crippen molar-refractivity contribution < 1.29 is 14.0 Å². The number of hydrogen-bond donors (Lipinski definition) is 1. The van der Waals surface area contributed by atoms with Gasteiger partial charge in [0.15, 0.2) is 0 Å². The van der Waals surface area contributed by atoms with Gasteiger partial charge in [-0.05, 0) is 31.4 Å². The molecule has 1 aliphatic heterocycles. The second kappa shape index (κ2) is 8.29. The second-order valence-electron chi connectivity index (χ2n) is 5.81. The first-order valence-electron chi connectivity index (χ1n) is 8.05. The summed E-state index contributed by atoms with van der Waals surface area (Å²) in [5.41, 5.74) is -0.0833. The van der Waals surface area contributed by atoms with Gasteiger partial charge in [-0.25, -0.2) is 4.39 Å². The molecule has 6 heteroatoms. The number of unbranched alkanes of at least 4 members (excludes halogenated alkanes) is 1. The SMILES string of the molecule is CCCCNC(=O)C1CCN(C(=O)c2c(F)cccc2Cl)CC1. The van der Waals surface area contributed by atoms with Crippen LogP contribution in [0.15, 0.2) is 18.2 Å². The number of halogens is 2. The molecule has 1 heterocycles. The van der Waals surface area contributed by atoms with E-state index in [2.05, 4.69) is 12.2 Å². The molecule has 0 bridgehead atoms. The van der Waals surface area contributed by atoms with Gasteiger partial charge in [-0.1, -0.05) is 31.0 Å². The Morgan fingerprint density at radius 3 is 2.65 bits per heavy atom. The van der Waals surface area contributed by atoms with E-state index in [-0.39, 0.29) is 22.4 Å². The third kappa shape index (κ3) is 4.44. The van der Waals surface area contributed by atoms with Gasteiger partial charge < -0.3 is 10.2 Å². The molecule has 0 aliphatic carbocycles. The summed E-state index contributed by atoms with van der Waals surface area (Å²) in [5.74, 6) is -1.04. The zero-order valence-corrected chi connectivity index (χ0v) is 14.0. The Bertz CT molecular complexity index is 551. The number of rotatable bonds is 5. The highest BCUT2D eigenvalue weighted by Crippen LogP contribution is 2.24. The van der Waals surface area contributed by atoms with Crippen molar-refractivity contribution in [3.05, 3.63) is 34.6 Å². The number of carbonyl (C=O) groups excluding carboxylic acids is 2. The average molecular weight is 341 g/mol. The Balaban J connectivity index is 1.91. The highest BCUT2D eigenvalue weighted by atomic mass is 35.5. The molecule has 126 valence electrons. The molecule has 1 saturated heterocycles. The van der Waals surface area contributed by atoms with Crippen LogP contribution in [0.4, 0.5) is 4.39 Å². The highest BCUT2D eigenvalue weighted by molar-refractivity contribution is 6.33. The molecular weight excluding hydrogens is 319 g/mol. The van der Waals surface area contributed by atoms with Crippen molar-refractivity contribution in [1.82, 2.24) is 10.2 Å². The lowest BCUT2D eigenvalue weighted by Gasteiger charge is -2.31. The number of benzene rings is 1. The molecule has 1 N–H and O–H groups in total. The van der Waals surface area contributed by atoms with Gasteiger partial charge in [-0.3, -0.25) is 9.59 Å². The number of amides is 2. The maximum Gasteiger partial charge on any atom is 0.258 e. The van der Waals surface area contributed by atoms with Crippen LogP contribution in [0.3, 0.4) is 0 Å². The molecule has 0 aromatic heterocycles. The lowest BCUT2D eigenvalue weighted by atomic mass is 9.95. The minimum absolute atomic E-state index is 0.0504. The number of likely N-dealkylation sites (tertiary alicyclic amines) is 1. The zero-order valence-electron chi connectivity index (χ0n) is 13.3. The first-order chi connectivity index (χ1) is 11.0. The van der Waals surface area contributed by atoms with E-state index >= 15 is 0 Å². The summed E-state index contributed by atoms with van der Waals surface area (Å²) in [6, 6.07) is 4.21. The van der Waals surface area contributed by atoms with Crippen molar-refractivity contribution in [2.75, 3.05) is 19.6 Å². The fraction of sp³-hybridized carbons (Fsp3) is 0.529. The van der Waals surface area contributed by atoms with E-state index in [0.29, 0.717) is 32.5 Å². The van der Waals surface area contributed by atoms with Crippen LogP contribution in [0.2, 0.25) is 5.02 Å². The van der Waals surface area contributed by atoms with E-state index in [1.54, 1.807) is 4.90 Å². The molecule has 0 spiro atoms. The Labute approximate surface area is 141 Å². The standard InChI is InChI=1S/C17H22ClFN2O2/c1-2-3-9-20-16(22)12-7-10-21(11-8-12)17(23)15-13(18)5-4-6-14(15)19/h4-6,12H,2-3,7-11H2,1H3,(H,20,22). The molecule has 1 aromatic carbocycles. The lowest BCUT2D eigenvalue weighted by molar-refractivity contribution is -0.126. The van der Waals surface area contributed by atoms with Gasteiger partial charge in [0.1, 0.15) is 5.82 Å². The van der Waals surface area contributed by atoms with E-state index < -0.39 is 11.7 Å². The van der Waals surface area contributed by atoms with Crippen LogP contribution < -0.4 is 5.32 Å². The van der Waals surface area contributed by atoms with Crippen LogP contribution in [0.25, 0.3) is 0 Å². The van der Waals surface area contributed by atoms with Crippen molar-refractivity contribution in [2.45, 2.75) is 32.6 Å². The average Bonchev–Trinajstić information content (AvgIpc) is 2.55. The molecule has 1 aliphatic rings. The van der Waals surface area contributed by atoms with E-state index in [9.17, 15) is 14.0 Å². The second-order valence-corrected chi connectivity index (χ2v) is 6.21. The number of nitrogens with one attached hydrogen (secondary N) is 1. The quantitative estimate of drug-likeness (QED) is 0.836. The molecule has 0 radical (unpaired) electrons. The van der Waals surface area contributed by atoms with Crippen molar-refractivity contribution in [1.29, 1.82) is 0 Å². The molecule has 2 amide bonds. The van der Waals surface area contributed by atoms with E-state index in [1.807, 2.05) is 0 Å². The topological polar surface area (TPSA) is 49.4 Å². The summed E-state index contributed by atoms with van der Waals surface area (Å²) < 4.78 is 13.8. The molecule has 23 heavy (non-hydrogen) atoms. The fourth-order valence-electron chi connectivity index (χ4n) is 2.74. The summed E-state index contributed by atoms with van der Waals surface area (Å²) in [6.45, 7) is 3.65. The largest absolute Gasteiger partial charge is 0.356 e. The Hall–Kier alpha value is -1.62. The van der Waals surface area contributed by atoms with Crippen LogP contribution >= 0.6 is 11.6 Å². The number of hydrogen-bond acceptors (Lipinski definition) is 2.